The highest BCUT2D eigenvalue weighted by atomic mass is 16.5. The fraction of sp³-hybridized carbons (Fsp3) is 0.789. The van der Waals surface area contributed by atoms with Crippen LogP contribution < -0.4 is 5.32 Å². The molecule has 8 heteroatoms. The molecule has 1 aromatic rings. The zero-order valence-electron chi connectivity index (χ0n) is 17.0. The maximum absolute atomic E-state index is 12.1. The number of nitrogens with zero attached hydrogens (tertiary/aromatic N) is 5. The molecule has 0 bridgehead atoms. The molecule has 0 radical (unpaired) electrons. The SMILES string of the molecule is CCCCN=C(NCCn1cnnc1CC)N1CCCC(C(=O)OCC)C1. The van der Waals surface area contributed by atoms with E-state index in [2.05, 4.69) is 38.8 Å². The molecule has 1 aliphatic rings. The number of unbranched alkanes of at least 4 members (excludes halogenated alkanes) is 1. The van der Waals surface area contributed by atoms with E-state index in [0.717, 1.165) is 70.1 Å². The Bertz CT molecular complexity index is 601. The first-order valence-electron chi connectivity index (χ1n) is 10.3. The summed E-state index contributed by atoms with van der Waals surface area (Å²) < 4.78 is 7.28. The Morgan fingerprint density at radius 2 is 2.26 bits per heavy atom. The number of esters is 1. The van der Waals surface area contributed by atoms with Gasteiger partial charge in [-0.25, -0.2) is 0 Å². The average molecular weight is 379 g/mol. The Balaban J connectivity index is 1.96. The first kappa shape index (κ1) is 21.2. The Hall–Kier alpha value is -2.12. The van der Waals surface area contributed by atoms with Crippen LogP contribution in [0.15, 0.2) is 11.3 Å². The summed E-state index contributed by atoms with van der Waals surface area (Å²) in [6.07, 6.45) is 6.67. The molecule has 27 heavy (non-hydrogen) atoms. The third-order valence-electron chi connectivity index (χ3n) is 4.76. The summed E-state index contributed by atoms with van der Waals surface area (Å²) in [7, 11) is 0. The number of piperidine rings is 1. The second-order valence-corrected chi connectivity index (χ2v) is 6.82. The first-order valence-corrected chi connectivity index (χ1v) is 10.3. The van der Waals surface area contributed by atoms with Crippen molar-refractivity contribution in [1.29, 1.82) is 0 Å². The zero-order chi connectivity index (χ0) is 19.5. The quantitative estimate of drug-likeness (QED) is 0.306. The lowest BCUT2D eigenvalue weighted by Gasteiger charge is -2.34. The monoisotopic (exact) mass is 378 g/mol. The molecule has 2 rings (SSSR count). The van der Waals surface area contributed by atoms with Gasteiger partial charge in [-0.05, 0) is 26.2 Å². The van der Waals surface area contributed by atoms with Gasteiger partial charge in [-0.15, -0.1) is 10.2 Å². The number of rotatable bonds is 9. The second-order valence-electron chi connectivity index (χ2n) is 6.82. The summed E-state index contributed by atoms with van der Waals surface area (Å²) in [5.74, 6) is 1.72. The van der Waals surface area contributed by atoms with Crippen molar-refractivity contribution in [1.82, 2.24) is 25.0 Å². The molecule has 1 unspecified atom stereocenters. The van der Waals surface area contributed by atoms with Crippen molar-refractivity contribution in [2.45, 2.75) is 59.4 Å². The third kappa shape index (κ3) is 6.52. The number of guanidine groups is 1. The predicted molar refractivity (Wildman–Crippen MR) is 106 cm³/mol. The van der Waals surface area contributed by atoms with Gasteiger partial charge in [0.2, 0.25) is 0 Å². The molecule has 1 aromatic heterocycles. The number of carbonyl (C=O) groups excluding carboxylic acids is 1. The topological polar surface area (TPSA) is 84.6 Å². The molecule has 1 atom stereocenters. The molecular formula is C19H34N6O2. The maximum atomic E-state index is 12.1. The maximum Gasteiger partial charge on any atom is 0.310 e. The van der Waals surface area contributed by atoms with Crippen molar-refractivity contribution in [3.63, 3.8) is 0 Å². The Morgan fingerprint density at radius 3 is 3.00 bits per heavy atom. The molecule has 0 spiro atoms. The van der Waals surface area contributed by atoms with Crippen molar-refractivity contribution >= 4 is 11.9 Å². The molecular weight excluding hydrogens is 344 g/mol. The van der Waals surface area contributed by atoms with Gasteiger partial charge >= 0.3 is 5.97 Å². The number of aryl methyl sites for hydroxylation is 1. The van der Waals surface area contributed by atoms with Crippen molar-refractivity contribution in [2.75, 3.05) is 32.8 Å². The molecule has 2 heterocycles. The van der Waals surface area contributed by atoms with Gasteiger partial charge < -0.3 is 19.5 Å². The highest BCUT2D eigenvalue weighted by molar-refractivity contribution is 5.81. The van der Waals surface area contributed by atoms with Crippen LogP contribution in [-0.4, -0.2) is 64.4 Å². The summed E-state index contributed by atoms with van der Waals surface area (Å²) in [6.45, 7) is 10.5. The molecule has 0 aromatic carbocycles. The molecule has 0 saturated carbocycles. The lowest BCUT2D eigenvalue weighted by Crippen LogP contribution is -2.49. The van der Waals surface area contributed by atoms with Crippen LogP contribution in [-0.2, 0) is 22.5 Å². The summed E-state index contributed by atoms with van der Waals surface area (Å²) >= 11 is 0. The minimum atomic E-state index is -0.0906. The van der Waals surface area contributed by atoms with Gasteiger partial charge in [0.05, 0.1) is 12.5 Å². The van der Waals surface area contributed by atoms with E-state index in [9.17, 15) is 4.79 Å². The van der Waals surface area contributed by atoms with E-state index < -0.39 is 0 Å². The molecule has 8 nitrogen and oxygen atoms in total. The molecule has 1 N–H and O–H groups in total. The fourth-order valence-electron chi connectivity index (χ4n) is 3.26. The van der Waals surface area contributed by atoms with Crippen molar-refractivity contribution in [2.24, 2.45) is 10.9 Å². The van der Waals surface area contributed by atoms with Gasteiger partial charge in [0, 0.05) is 39.1 Å². The third-order valence-corrected chi connectivity index (χ3v) is 4.76. The van der Waals surface area contributed by atoms with E-state index in [4.69, 9.17) is 9.73 Å². The summed E-state index contributed by atoms with van der Waals surface area (Å²) in [6, 6.07) is 0. The number of hydrogen-bond donors (Lipinski definition) is 1. The van der Waals surface area contributed by atoms with Crippen molar-refractivity contribution in [3.8, 4) is 0 Å². The molecule has 1 aliphatic heterocycles. The van der Waals surface area contributed by atoms with E-state index >= 15 is 0 Å². The van der Waals surface area contributed by atoms with Gasteiger partial charge in [-0.3, -0.25) is 9.79 Å². The number of carbonyl (C=O) groups is 1. The predicted octanol–water partition coefficient (Wildman–Crippen LogP) is 1.86. The van der Waals surface area contributed by atoms with Crippen LogP contribution in [0.3, 0.4) is 0 Å². The van der Waals surface area contributed by atoms with Crippen LogP contribution in [0.4, 0.5) is 0 Å². The number of nitrogens with one attached hydrogen (secondary N) is 1. The van der Waals surface area contributed by atoms with E-state index in [1.807, 2.05) is 6.92 Å². The summed E-state index contributed by atoms with van der Waals surface area (Å²) in [5.41, 5.74) is 0. The van der Waals surface area contributed by atoms with Gasteiger partial charge in [0.25, 0.3) is 0 Å². The standard InChI is InChI=1S/C19H34N6O2/c1-4-7-10-20-19(21-11-13-25-15-22-23-17(25)5-2)24-12-8-9-16(14-24)18(26)27-6-3/h15-16H,4-14H2,1-3H3,(H,20,21). The molecule has 0 aliphatic carbocycles. The fourth-order valence-corrected chi connectivity index (χ4v) is 3.26. The Morgan fingerprint density at radius 1 is 1.41 bits per heavy atom. The van der Waals surface area contributed by atoms with E-state index in [-0.39, 0.29) is 11.9 Å². The molecule has 0 amide bonds. The summed E-state index contributed by atoms with van der Waals surface area (Å²) in [4.78, 5) is 19.1. The van der Waals surface area contributed by atoms with Crippen LogP contribution in [0.5, 0.6) is 0 Å². The van der Waals surface area contributed by atoms with E-state index in [1.54, 1.807) is 6.33 Å². The smallest absolute Gasteiger partial charge is 0.310 e. The molecule has 152 valence electrons. The lowest BCUT2D eigenvalue weighted by atomic mass is 9.98. The van der Waals surface area contributed by atoms with Crippen LogP contribution in [0, 0.1) is 5.92 Å². The van der Waals surface area contributed by atoms with Gasteiger partial charge in [-0.1, -0.05) is 20.3 Å². The van der Waals surface area contributed by atoms with E-state index in [0.29, 0.717) is 13.2 Å². The number of aromatic nitrogens is 3. The first-order chi connectivity index (χ1) is 13.2. The van der Waals surface area contributed by atoms with Crippen molar-refractivity contribution < 1.29 is 9.53 Å². The largest absolute Gasteiger partial charge is 0.466 e. The number of hydrogen-bond acceptors (Lipinski definition) is 5. The van der Waals surface area contributed by atoms with Gasteiger partial charge in [0.15, 0.2) is 5.96 Å². The Labute approximate surface area is 162 Å². The number of ether oxygens (including phenoxy) is 1. The summed E-state index contributed by atoms with van der Waals surface area (Å²) in [5, 5.41) is 11.6. The van der Waals surface area contributed by atoms with Crippen molar-refractivity contribution in [3.05, 3.63) is 12.2 Å². The van der Waals surface area contributed by atoms with Crippen LogP contribution in [0.25, 0.3) is 0 Å². The van der Waals surface area contributed by atoms with Crippen LogP contribution in [0.2, 0.25) is 0 Å². The highest BCUT2D eigenvalue weighted by Gasteiger charge is 2.28. The minimum Gasteiger partial charge on any atom is -0.466 e. The van der Waals surface area contributed by atoms with Crippen LogP contribution in [0.1, 0.15) is 52.3 Å². The van der Waals surface area contributed by atoms with Gasteiger partial charge in [-0.2, -0.15) is 0 Å². The highest BCUT2D eigenvalue weighted by Crippen LogP contribution is 2.18. The van der Waals surface area contributed by atoms with E-state index in [1.165, 1.54) is 0 Å². The zero-order valence-corrected chi connectivity index (χ0v) is 17.0. The number of likely N-dealkylation sites (tertiary alicyclic amines) is 1. The van der Waals surface area contributed by atoms with Crippen LogP contribution >= 0.6 is 0 Å². The average Bonchev–Trinajstić information content (AvgIpc) is 3.14. The molecule has 1 fully saturated rings. The molecule has 1 saturated heterocycles. The lowest BCUT2D eigenvalue weighted by molar-refractivity contribution is -0.149. The number of aliphatic imine (C=N–C) groups is 1. The normalized spacial score (nSPS) is 17.8. The minimum absolute atomic E-state index is 0.0681. The Kier molecular flexibility index (Phi) is 9.07. The van der Waals surface area contributed by atoms with Gasteiger partial charge in [0.1, 0.15) is 12.2 Å². The second kappa shape index (κ2) is 11.6.